The molecule has 7 heteroatoms. The van der Waals surface area contributed by atoms with Crippen molar-refractivity contribution in [3.8, 4) is 0 Å². The summed E-state index contributed by atoms with van der Waals surface area (Å²) in [6, 6.07) is 11.5. The standard InChI is InChI=1S/C21H26Cl4N2.ClH/c22-18-8-6-16(12-20(18)24)14-26-10-4-2-1-3-5-11-27-15-17-7-9-19(23)21(25)13-17;/h6-9,12-13,26-27H,1-5,10-11,14-15H2;1H. The molecular weight excluding hydrogens is 458 g/mol. The summed E-state index contributed by atoms with van der Waals surface area (Å²) in [5.74, 6) is 0. The molecule has 0 aliphatic rings. The lowest BCUT2D eigenvalue weighted by molar-refractivity contribution is 0.556. The Kier molecular flexibility index (Phi) is 13.6. The third kappa shape index (κ3) is 10.0. The Morgan fingerprint density at radius 1 is 0.536 bits per heavy atom. The number of rotatable bonds is 12. The average Bonchev–Trinajstić information content (AvgIpc) is 2.65. The molecule has 0 heterocycles. The van der Waals surface area contributed by atoms with E-state index in [0.29, 0.717) is 20.1 Å². The van der Waals surface area contributed by atoms with E-state index in [4.69, 9.17) is 46.4 Å². The minimum absolute atomic E-state index is 0. The highest BCUT2D eigenvalue weighted by Gasteiger charge is 2.00. The molecular formula is C21H27Cl5N2. The van der Waals surface area contributed by atoms with Gasteiger partial charge >= 0.3 is 0 Å². The molecule has 0 unspecified atom stereocenters. The van der Waals surface area contributed by atoms with Crippen LogP contribution in [0.25, 0.3) is 0 Å². The Morgan fingerprint density at radius 2 is 0.929 bits per heavy atom. The molecule has 2 aromatic carbocycles. The molecule has 0 aromatic heterocycles. The van der Waals surface area contributed by atoms with Crippen LogP contribution in [-0.4, -0.2) is 13.1 Å². The molecule has 0 radical (unpaired) electrons. The zero-order valence-electron chi connectivity index (χ0n) is 15.7. The maximum Gasteiger partial charge on any atom is 0.0595 e. The van der Waals surface area contributed by atoms with E-state index >= 15 is 0 Å². The van der Waals surface area contributed by atoms with Crippen LogP contribution in [0.1, 0.15) is 43.2 Å². The van der Waals surface area contributed by atoms with Crippen LogP contribution >= 0.6 is 58.8 Å². The van der Waals surface area contributed by atoms with Crippen LogP contribution in [0.5, 0.6) is 0 Å². The van der Waals surface area contributed by atoms with E-state index in [2.05, 4.69) is 10.6 Å². The molecule has 28 heavy (non-hydrogen) atoms. The lowest BCUT2D eigenvalue weighted by Crippen LogP contribution is -2.15. The van der Waals surface area contributed by atoms with Crippen molar-refractivity contribution in [2.45, 2.75) is 45.2 Å². The molecule has 2 N–H and O–H groups in total. The highest BCUT2D eigenvalue weighted by molar-refractivity contribution is 6.42. The number of benzene rings is 2. The largest absolute Gasteiger partial charge is 0.313 e. The normalized spacial score (nSPS) is 10.7. The maximum atomic E-state index is 6.02. The van der Waals surface area contributed by atoms with Crippen LogP contribution in [0.15, 0.2) is 36.4 Å². The average molecular weight is 485 g/mol. The topological polar surface area (TPSA) is 24.1 Å². The quantitative estimate of drug-likeness (QED) is 0.304. The molecule has 0 atom stereocenters. The summed E-state index contributed by atoms with van der Waals surface area (Å²) in [5, 5.41) is 9.34. The van der Waals surface area contributed by atoms with Crippen molar-refractivity contribution in [3.63, 3.8) is 0 Å². The smallest absolute Gasteiger partial charge is 0.0595 e. The predicted octanol–water partition coefficient (Wildman–Crippen LogP) is 7.55. The van der Waals surface area contributed by atoms with Crippen LogP contribution in [0, 0.1) is 0 Å². The second-order valence-corrected chi connectivity index (χ2v) is 8.25. The molecule has 0 saturated carbocycles. The maximum absolute atomic E-state index is 6.02. The molecule has 0 aliphatic heterocycles. The Morgan fingerprint density at radius 3 is 1.32 bits per heavy atom. The predicted molar refractivity (Wildman–Crippen MR) is 127 cm³/mol. The third-order valence-electron chi connectivity index (χ3n) is 4.33. The van der Waals surface area contributed by atoms with E-state index < -0.39 is 0 Å². The van der Waals surface area contributed by atoms with Gasteiger partial charge in [-0.3, -0.25) is 0 Å². The van der Waals surface area contributed by atoms with Gasteiger partial charge in [-0.25, -0.2) is 0 Å². The fourth-order valence-electron chi connectivity index (χ4n) is 2.79. The second-order valence-electron chi connectivity index (χ2n) is 6.62. The van der Waals surface area contributed by atoms with E-state index in [9.17, 15) is 0 Å². The van der Waals surface area contributed by atoms with Crippen LogP contribution < -0.4 is 10.6 Å². The first-order valence-electron chi connectivity index (χ1n) is 9.35. The Labute approximate surface area is 194 Å². The zero-order valence-corrected chi connectivity index (χ0v) is 19.6. The summed E-state index contributed by atoms with van der Waals surface area (Å²) in [6.45, 7) is 3.71. The lowest BCUT2D eigenvalue weighted by atomic mass is 10.1. The van der Waals surface area contributed by atoms with Gasteiger partial charge < -0.3 is 10.6 Å². The first-order chi connectivity index (χ1) is 13.1. The van der Waals surface area contributed by atoms with Gasteiger partial charge in [0.1, 0.15) is 0 Å². The molecule has 0 spiro atoms. The van der Waals surface area contributed by atoms with E-state index in [1.54, 1.807) is 0 Å². The van der Waals surface area contributed by atoms with Crippen molar-refractivity contribution in [1.29, 1.82) is 0 Å². The molecule has 156 valence electrons. The second kappa shape index (κ2) is 14.7. The molecule has 2 nitrogen and oxygen atoms in total. The fourth-order valence-corrected chi connectivity index (χ4v) is 3.44. The van der Waals surface area contributed by atoms with Gasteiger partial charge in [-0.15, -0.1) is 12.4 Å². The van der Waals surface area contributed by atoms with Crippen molar-refractivity contribution in [2.75, 3.05) is 13.1 Å². The SMILES string of the molecule is Cl.Clc1ccc(CNCCCCCCCNCc2ccc(Cl)c(Cl)c2)cc1Cl. The lowest BCUT2D eigenvalue weighted by Gasteiger charge is -2.07. The van der Waals surface area contributed by atoms with Gasteiger partial charge in [-0.05, 0) is 61.3 Å². The van der Waals surface area contributed by atoms with Crippen LogP contribution in [0.3, 0.4) is 0 Å². The molecule has 0 saturated heterocycles. The van der Waals surface area contributed by atoms with Gasteiger partial charge in [0.05, 0.1) is 20.1 Å². The zero-order chi connectivity index (χ0) is 19.5. The summed E-state index contributed by atoms with van der Waals surface area (Å²) in [6.07, 6.45) is 6.15. The highest BCUT2D eigenvalue weighted by atomic mass is 35.5. The minimum Gasteiger partial charge on any atom is -0.313 e. The number of halogens is 5. The van der Waals surface area contributed by atoms with Crippen molar-refractivity contribution in [2.24, 2.45) is 0 Å². The Bertz CT molecular complexity index is 650. The number of nitrogens with one attached hydrogen (secondary N) is 2. The number of hydrogen-bond donors (Lipinski definition) is 2. The summed E-state index contributed by atoms with van der Waals surface area (Å²) < 4.78 is 0. The van der Waals surface area contributed by atoms with Crippen LogP contribution in [0.2, 0.25) is 20.1 Å². The van der Waals surface area contributed by atoms with Gasteiger partial charge in [-0.1, -0.05) is 77.8 Å². The highest BCUT2D eigenvalue weighted by Crippen LogP contribution is 2.23. The fraction of sp³-hybridized carbons (Fsp3) is 0.429. The van der Waals surface area contributed by atoms with Crippen molar-refractivity contribution < 1.29 is 0 Å². The first kappa shape index (κ1) is 25.8. The summed E-state index contributed by atoms with van der Waals surface area (Å²) in [4.78, 5) is 0. The molecule has 0 aliphatic carbocycles. The van der Waals surface area contributed by atoms with Gasteiger partial charge in [0, 0.05) is 13.1 Å². The molecule has 2 rings (SSSR count). The first-order valence-corrected chi connectivity index (χ1v) is 10.9. The number of unbranched alkanes of at least 4 members (excludes halogenated alkanes) is 4. The summed E-state index contributed by atoms with van der Waals surface area (Å²) >= 11 is 23.9. The molecule has 0 bridgehead atoms. The van der Waals surface area contributed by atoms with Gasteiger partial charge in [0.25, 0.3) is 0 Å². The van der Waals surface area contributed by atoms with Gasteiger partial charge in [-0.2, -0.15) is 0 Å². The number of hydrogen-bond acceptors (Lipinski definition) is 2. The third-order valence-corrected chi connectivity index (χ3v) is 5.81. The molecule has 0 fully saturated rings. The van der Waals surface area contributed by atoms with Crippen LogP contribution in [-0.2, 0) is 13.1 Å². The van der Waals surface area contributed by atoms with E-state index in [0.717, 1.165) is 37.3 Å². The van der Waals surface area contributed by atoms with Crippen LogP contribution in [0.4, 0.5) is 0 Å². The van der Waals surface area contributed by atoms with E-state index in [1.165, 1.54) is 32.1 Å². The monoisotopic (exact) mass is 482 g/mol. The minimum atomic E-state index is 0. The van der Waals surface area contributed by atoms with Crippen molar-refractivity contribution >= 4 is 58.8 Å². The van der Waals surface area contributed by atoms with Crippen molar-refractivity contribution in [1.82, 2.24) is 10.6 Å². The Balaban J connectivity index is 0.00000392. The van der Waals surface area contributed by atoms with Gasteiger partial charge in [0.2, 0.25) is 0 Å². The molecule has 2 aromatic rings. The molecule has 0 amide bonds. The van der Waals surface area contributed by atoms with E-state index in [-0.39, 0.29) is 12.4 Å². The summed E-state index contributed by atoms with van der Waals surface area (Å²) in [7, 11) is 0. The summed E-state index contributed by atoms with van der Waals surface area (Å²) in [5.41, 5.74) is 2.33. The van der Waals surface area contributed by atoms with E-state index in [1.807, 2.05) is 36.4 Å². The van der Waals surface area contributed by atoms with Crippen molar-refractivity contribution in [3.05, 3.63) is 67.6 Å². The Hall–Kier alpha value is -0.190. The van der Waals surface area contributed by atoms with Gasteiger partial charge in [0.15, 0.2) is 0 Å².